The Labute approximate surface area is 136 Å². The maximum atomic E-state index is 12.0. The van der Waals surface area contributed by atoms with E-state index < -0.39 is 0 Å². The van der Waals surface area contributed by atoms with Crippen molar-refractivity contribution in [2.24, 2.45) is 0 Å². The van der Waals surface area contributed by atoms with Crippen LogP contribution < -0.4 is 5.32 Å². The second-order valence-corrected chi connectivity index (χ2v) is 5.86. The molecular weight excluding hydrogens is 318 g/mol. The molecule has 1 amide bonds. The fraction of sp³-hybridized carbons (Fsp3) is 0.0625. The van der Waals surface area contributed by atoms with Gasteiger partial charge in [0.1, 0.15) is 5.01 Å². The third-order valence-electron chi connectivity index (χ3n) is 3.02. The molecule has 0 spiro atoms. The van der Waals surface area contributed by atoms with E-state index in [0.29, 0.717) is 17.1 Å². The van der Waals surface area contributed by atoms with E-state index in [0.717, 1.165) is 16.3 Å². The predicted octanol–water partition coefficient (Wildman–Crippen LogP) is 3.79. The smallest absolute Gasteiger partial charge is 0.251 e. The molecular formula is C16H12ClN3OS. The number of aromatic nitrogens is 2. The number of benzene rings is 1. The molecule has 0 unspecified atom stereocenters. The lowest BCUT2D eigenvalue weighted by Gasteiger charge is -2.03. The summed E-state index contributed by atoms with van der Waals surface area (Å²) in [4.78, 5) is 20.5. The summed E-state index contributed by atoms with van der Waals surface area (Å²) in [5, 5.41) is 6.32. The number of hydrogen-bond acceptors (Lipinski definition) is 4. The second-order valence-electron chi connectivity index (χ2n) is 4.57. The second kappa shape index (κ2) is 6.68. The lowest BCUT2D eigenvalue weighted by atomic mass is 10.2. The van der Waals surface area contributed by atoms with Gasteiger partial charge in [0.25, 0.3) is 5.91 Å². The highest BCUT2D eigenvalue weighted by Gasteiger charge is 2.08. The minimum Gasteiger partial charge on any atom is -0.346 e. The highest BCUT2D eigenvalue weighted by atomic mass is 35.5. The van der Waals surface area contributed by atoms with Crippen molar-refractivity contribution < 1.29 is 4.79 Å². The number of nitrogens with one attached hydrogen (secondary N) is 1. The SMILES string of the molecule is O=C(NCc1csc(-c2ccncc2)n1)c1ccc(Cl)cc1. The van der Waals surface area contributed by atoms with Gasteiger partial charge in [0.15, 0.2) is 0 Å². The first-order valence-corrected chi connectivity index (χ1v) is 7.87. The van der Waals surface area contributed by atoms with Crippen LogP contribution in [0.2, 0.25) is 5.02 Å². The summed E-state index contributed by atoms with van der Waals surface area (Å²) < 4.78 is 0. The van der Waals surface area contributed by atoms with Crippen molar-refractivity contribution in [3.05, 3.63) is 70.5 Å². The Kier molecular flexibility index (Phi) is 4.46. The normalized spacial score (nSPS) is 10.4. The average molecular weight is 330 g/mol. The van der Waals surface area contributed by atoms with Crippen molar-refractivity contribution in [1.29, 1.82) is 0 Å². The number of carbonyl (C=O) groups excluding carboxylic acids is 1. The van der Waals surface area contributed by atoms with Crippen LogP contribution in [-0.2, 0) is 6.54 Å². The Bertz CT molecular complexity index is 772. The molecule has 0 aliphatic rings. The maximum Gasteiger partial charge on any atom is 0.251 e. The third-order valence-corrected chi connectivity index (χ3v) is 4.21. The fourth-order valence-electron chi connectivity index (χ4n) is 1.89. The van der Waals surface area contributed by atoms with Gasteiger partial charge in [0.2, 0.25) is 0 Å². The van der Waals surface area contributed by atoms with Crippen molar-refractivity contribution in [1.82, 2.24) is 15.3 Å². The Morgan fingerprint density at radius 2 is 1.86 bits per heavy atom. The summed E-state index contributed by atoms with van der Waals surface area (Å²) in [5.74, 6) is -0.143. The Morgan fingerprint density at radius 1 is 1.14 bits per heavy atom. The minimum atomic E-state index is -0.143. The molecule has 4 nitrogen and oxygen atoms in total. The first kappa shape index (κ1) is 14.7. The molecule has 0 fully saturated rings. The number of pyridine rings is 1. The fourth-order valence-corrected chi connectivity index (χ4v) is 2.84. The zero-order valence-electron chi connectivity index (χ0n) is 11.5. The third kappa shape index (κ3) is 3.50. The quantitative estimate of drug-likeness (QED) is 0.792. The molecule has 0 atom stereocenters. The van der Waals surface area contributed by atoms with E-state index in [1.807, 2.05) is 17.5 Å². The molecule has 0 aliphatic carbocycles. The zero-order chi connectivity index (χ0) is 15.4. The maximum absolute atomic E-state index is 12.0. The molecule has 1 aromatic carbocycles. The molecule has 2 aromatic heterocycles. The van der Waals surface area contributed by atoms with Crippen LogP contribution in [0.1, 0.15) is 16.1 Å². The van der Waals surface area contributed by atoms with E-state index in [1.54, 1.807) is 48.0 Å². The molecule has 0 bridgehead atoms. The lowest BCUT2D eigenvalue weighted by molar-refractivity contribution is 0.0950. The molecule has 2 heterocycles. The lowest BCUT2D eigenvalue weighted by Crippen LogP contribution is -2.22. The predicted molar refractivity (Wildman–Crippen MR) is 88.0 cm³/mol. The van der Waals surface area contributed by atoms with Gasteiger partial charge < -0.3 is 5.32 Å². The highest BCUT2D eigenvalue weighted by Crippen LogP contribution is 2.22. The van der Waals surface area contributed by atoms with Crippen molar-refractivity contribution in [2.75, 3.05) is 0 Å². The van der Waals surface area contributed by atoms with Crippen molar-refractivity contribution in [2.45, 2.75) is 6.54 Å². The van der Waals surface area contributed by atoms with Gasteiger partial charge in [-0.1, -0.05) is 11.6 Å². The first-order chi connectivity index (χ1) is 10.7. The van der Waals surface area contributed by atoms with Crippen LogP contribution in [0.15, 0.2) is 54.2 Å². The molecule has 0 aliphatic heterocycles. The number of rotatable bonds is 4. The van der Waals surface area contributed by atoms with Crippen LogP contribution >= 0.6 is 22.9 Å². The summed E-state index contributed by atoms with van der Waals surface area (Å²) in [5.41, 5.74) is 2.43. The Balaban J connectivity index is 1.64. The van der Waals surface area contributed by atoms with Crippen LogP contribution in [0.4, 0.5) is 0 Å². The molecule has 22 heavy (non-hydrogen) atoms. The van der Waals surface area contributed by atoms with Crippen molar-refractivity contribution in [3.63, 3.8) is 0 Å². The van der Waals surface area contributed by atoms with Crippen LogP contribution in [0.5, 0.6) is 0 Å². The molecule has 0 radical (unpaired) electrons. The monoisotopic (exact) mass is 329 g/mol. The standard InChI is InChI=1S/C16H12ClN3OS/c17-13-3-1-11(2-4-13)15(21)19-9-14-10-22-16(20-14)12-5-7-18-8-6-12/h1-8,10H,9H2,(H,19,21). The van der Waals surface area contributed by atoms with Crippen LogP contribution in [0.25, 0.3) is 10.6 Å². The number of carbonyl (C=O) groups is 1. The average Bonchev–Trinajstić information content (AvgIpc) is 3.03. The van der Waals surface area contributed by atoms with Gasteiger partial charge in [-0.25, -0.2) is 4.98 Å². The van der Waals surface area contributed by atoms with E-state index in [1.165, 1.54) is 0 Å². The van der Waals surface area contributed by atoms with Gasteiger partial charge in [-0.2, -0.15) is 0 Å². The number of halogens is 1. The highest BCUT2D eigenvalue weighted by molar-refractivity contribution is 7.13. The van der Waals surface area contributed by atoms with Gasteiger partial charge in [-0.3, -0.25) is 9.78 Å². The van der Waals surface area contributed by atoms with Crippen LogP contribution in [0, 0.1) is 0 Å². The first-order valence-electron chi connectivity index (χ1n) is 6.61. The number of nitrogens with zero attached hydrogens (tertiary/aromatic N) is 2. The van der Waals surface area contributed by atoms with Gasteiger partial charge in [0, 0.05) is 33.9 Å². The number of thiazole rings is 1. The molecule has 3 rings (SSSR count). The Morgan fingerprint density at radius 3 is 2.59 bits per heavy atom. The molecule has 1 N–H and O–H groups in total. The van der Waals surface area contributed by atoms with Crippen LogP contribution in [-0.4, -0.2) is 15.9 Å². The topological polar surface area (TPSA) is 54.9 Å². The van der Waals surface area contributed by atoms with Crippen LogP contribution in [0.3, 0.4) is 0 Å². The number of hydrogen-bond donors (Lipinski definition) is 1. The van der Waals surface area contributed by atoms with Crippen molar-refractivity contribution >= 4 is 28.8 Å². The van der Waals surface area contributed by atoms with Gasteiger partial charge in [-0.05, 0) is 36.4 Å². The van der Waals surface area contributed by atoms with E-state index in [4.69, 9.17) is 11.6 Å². The van der Waals surface area contributed by atoms with Gasteiger partial charge in [0.05, 0.1) is 12.2 Å². The van der Waals surface area contributed by atoms with Gasteiger partial charge in [-0.15, -0.1) is 11.3 Å². The molecule has 110 valence electrons. The summed E-state index contributed by atoms with van der Waals surface area (Å²) in [6.45, 7) is 0.392. The largest absolute Gasteiger partial charge is 0.346 e. The summed E-state index contributed by atoms with van der Waals surface area (Å²) >= 11 is 7.35. The molecule has 0 saturated carbocycles. The molecule has 0 saturated heterocycles. The van der Waals surface area contributed by atoms with E-state index in [9.17, 15) is 4.79 Å². The van der Waals surface area contributed by atoms with Gasteiger partial charge >= 0.3 is 0 Å². The Hall–Kier alpha value is -2.24. The van der Waals surface area contributed by atoms with Crippen molar-refractivity contribution in [3.8, 4) is 10.6 Å². The molecule has 3 aromatic rings. The molecule has 6 heteroatoms. The van der Waals surface area contributed by atoms with E-state index in [-0.39, 0.29) is 5.91 Å². The summed E-state index contributed by atoms with van der Waals surface area (Å²) in [6, 6.07) is 10.6. The minimum absolute atomic E-state index is 0.143. The van der Waals surface area contributed by atoms with E-state index in [2.05, 4.69) is 15.3 Å². The summed E-state index contributed by atoms with van der Waals surface area (Å²) in [6.07, 6.45) is 3.47. The zero-order valence-corrected chi connectivity index (χ0v) is 13.1. The van der Waals surface area contributed by atoms with E-state index >= 15 is 0 Å². The number of amides is 1. The summed E-state index contributed by atoms with van der Waals surface area (Å²) in [7, 11) is 0.